The van der Waals surface area contributed by atoms with Gasteiger partial charge in [-0.3, -0.25) is 4.90 Å². The fraction of sp³-hybridized carbons (Fsp3) is 1.00. The first-order chi connectivity index (χ1) is 7.72. The Labute approximate surface area is 100 Å². The lowest BCUT2D eigenvalue weighted by Gasteiger charge is -2.41. The molecule has 0 radical (unpaired) electrons. The van der Waals surface area contributed by atoms with Gasteiger partial charge in [0.15, 0.2) is 0 Å². The van der Waals surface area contributed by atoms with Gasteiger partial charge in [0.05, 0.1) is 6.61 Å². The van der Waals surface area contributed by atoms with Crippen molar-refractivity contribution in [3.05, 3.63) is 0 Å². The fourth-order valence-electron chi connectivity index (χ4n) is 2.99. The second-order valence-corrected chi connectivity index (χ2v) is 5.24. The van der Waals surface area contributed by atoms with Gasteiger partial charge in [-0.25, -0.2) is 0 Å². The van der Waals surface area contributed by atoms with Crippen molar-refractivity contribution in [2.24, 2.45) is 17.6 Å². The molecular formula is C13H28N2O. The van der Waals surface area contributed by atoms with E-state index in [2.05, 4.69) is 18.7 Å². The highest BCUT2D eigenvalue weighted by atomic mass is 16.3. The Morgan fingerprint density at radius 1 is 1.31 bits per heavy atom. The molecule has 0 saturated heterocycles. The van der Waals surface area contributed by atoms with Crippen molar-refractivity contribution in [3.63, 3.8) is 0 Å². The standard InChI is InChI=1S/C13H28N2O/c1-3-6-15(7-8-16)13-9-11(2)4-5-12(13)10-14/h11-13,16H,3-10,14H2,1-2H3. The third-order valence-corrected chi connectivity index (χ3v) is 3.89. The van der Waals surface area contributed by atoms with Crippen LogP contribution in [0.3, 0.4) is 0 Å². The number of hydrogen-bond acceptors (Lipinski definition) is 3. The van der Waals surface area contributed by atoms with Crippen LogP contribution in [0.5, 0.6) is 0 Å². The first-order valence-electron chi connectivity index (χ1n) is 6.77. The molecule has 0 amide bonds. The summed E-state index contributed by atoms with van der Waals surface area (Å²) >= 11 is 0. The number of rotatable bonds is 6. The lowest BCUT2D eigenvalue weighted by molar-refractivity contribution is 0.0696. The molecule has 0 bridgehead atoms. The van der Waals surface area contributed by atoms with Crippen molar-refractivity contribution in [1.29, 1.82) is 0 Å². The van der Waals surface area contributed by atoms with E-state index in [9.17, 15) is 0 Å². The monoisotopic (exact) mass is 228 g/mol. The van der Waals surface area contributed by atoms with Gasteiger partial charge in [-0.2, -0.15) is 0 Å². The predicted octanol–water partition coefficient (Wildman–Crippen LogP) is 1.45. The van der Waals surface area contributed by atoms with Gasteiger partial charge in [-0.1, -0.05) is 20.3 Å². The Hall–Kier alpha value is -0.120. The maximum atomic E-state index is 9.15. The number of hydrogen-bond donors (Lipinski definition) is 2. The van der Waals surface area contributed by atoms with Crippen LogP contribution in [0, 0.1) is 11.8 Å². The Morgan fingerprint density at radius 2 is 2.06 bits per heavy atom. The highest BCUT2D eigenvalue weighted by molar-refractivity contribution is 4.86. The zero-order chi connectivity index (χ0) is 12.0. The van der Waals surface area contributed by atoms with Gasteiger partial charge >= 0.3 is 0 Å². The average molecular weight is 228 g/mol. The van der Waals surface area contributed by atoms with Crippen LogP contribution in [0.4, 0.5) is 0 Å². The van der Waals surface area contributed by atoms with E-state index in [4.69, 9.17) is 10.8 Å². The third kappa shape index (κ3) is 3.72. The van der Waals surface area contributed by atoms with Crippen LogP contribution >= 0.6 is 0 Å². The molecule has 1 rings (SSSR count). The normalized spacial score (nSPS) is 30.9. The third-order valence-electron chi connectivity index (χ3n) is 3.89. The highest BCUT2D eigenvalue weighted by Crippen LogP contribution is 2.31. The summed E-state index contributed by atoms with van der Waals surface area (Å²) < 4.78 is 0. The Kier molecular flexibility index (Phi) is 6.32. The molecule has 1 aliphatic carbocycles. The summed E-state index contributed by atoms with van der Waals surface area (Å²) in [5.74, 6) is 1.44. The van der Waals surface area contributed by atoms with E-state index in [1.165, 1.54) is 19.3 Å². The van der Waals surface area contributed by atoms with E-state index in [1.54, 1.807) is 0 Å². The van der Waals surface area contributed by atoms with E-state index in [0.29, 0.717) is 12.0 Å². The largest absolute Gasteiger partial charge is 0.395 e. The Balaban J connectivity index is 2.61. The number of nitrogens with two attached hydrogens (primary N) is 1. The van der Waals surface area contributed by atoms with Gasteiger partial charge in [0.1, 0.15) is 0 Å². The highest BCUT2D eigenvalue weighted by Gasteiger charge is 2.31. The van der Waals surface area contributed by atoms with Crippen molar-refractivity contribution in [2.75, 3.05) is 26.2 Å². The quantitative estimate of drug-likeness (QED) is 0.723. The first-order valence-corrected chi connectivity index (χ1v) is 6.77. The molecule has 0 aromatic heterocycles. The summed E-state index contributed by atoms with van der Waals surface area (Å²) in [6, 6.07) is 0.598. The van der Waals surface area contributed by atoms with Crippen molar-refractivity contribution < 1.29 is 5.11 Å². The molecule has 0 aromatic rings. The zero-order valence-electron chi connectivity index (χ0n) is 10.9. The maximum Gasteiger partial charge on any atom is 0.0558 e. The fourth-order valence-corrected chi connectivity index (χ4v) is 2.99. The summed E-state index contributed by atoms with van der Waals surface area (Å²) in [4.78, 5) is 2.45. The molecule has 3 N–H and O–H groups in total. The molecule has 0 aliphatic heterocycles. The molecule has 0 heterocycles. The predicted molar refractivity (Wildman–Crippen MR) is 68.3 cm³/mol. The van der Waals surface area contributed by atoms with E-state index in [-0.39, 0.29) is 6.61 Å². The van der Waals surface area contributed by atoms with Crippen LogP contribution in [0.15, 0.2) is 0 Å². The average Bonchev–Trinajstić information content (AvgIpc) is 2.29. The second kappa shape index (κ2) is 7.25. The van der Waals surface area contributed by atoms with E-state index in [1.807, 2.05) is 0 Å². The Bertz CT molecular complexity index is 181. The number of nitrogens with zero attached hydrogens (tertiary/aromatic N) is 1. The van der Waals surface area contributed by atoms with Crippen LogP contribution in [-0.2, 0) is 0 Å². The SMILES string of the molecule is CCCN(CCO)C1CC(C)CCC1CN. The molecule has 3 nitrogen and oxygen atoms in total. The van der Waals surface area contributed by atoms with Crippen molar-refractivity contribution in [1.82, 2.24) is 4.90 Å². The molecule has 3 unspecified atom stereocenters. The summed E-state index contributed by atoms with van der Waals surface area (Å²) in [6.45, 7) is 7.50. The molecule has 0 spiro atoms. The summed E-state index contributed by atoms with van der Waals surface area (Å²) in [6.07, 6.45) is 4.98. The maximum absolute atomic E-state index is 9.15. The van der Waals surface area contributed by atoms with Crippen LogP contribution in [-0.4, -0.2) is 42.3 Å². The molecule has 1 saturated carbocycles. The molecule has 3 atom stereocenters. The summed E-state index contributed by atoms with van der Waals surface area (Å²) in [7, 11) is 0. The molecule has 16 heavy (non-hydrogen) atoms. The van der Waals surface area contributed by atoms with Crippen molar-refractivity contribution in [3.8, 4) is 0 Å². The van der Waals surface area contributed by atoms with Gasteiger partial charge in [0, 0.05) is 12.6 Å². The lowest BCUT2D eigenvalue weighted by Crippen LogP contribution is -2.48. The Morgan fingerprint density at radius 3 is 2.62 bits per heavy atom. The van der Waals surface area contributed by atoms with E-state index >= 15 is 0 Å². The molecular weight excluding hydrogens is 200 g/mol. The van der Waals surface area contributed by atoms with Crippen LogP contribution in [0.1, 0.15) is 39.5 Å². The van der Waals surface area contributed by atoms with Gasteiger partial charge < -0.3 is 10.8 Å². The topological polar surface area (TPSA) is 49.5 Å². The van der Waals surface area contributed by atoms with Gasteiger partial charge in [0.25, 0.3) is 0 Å². The summed E-state index contributed by atoms with van der Waals surface area (Å²) in [5, 5.41) is 9.15. The molecule has 1 fully saturated rings. The first kappa shape index (κ1) is 13.9. The summed E-state index contributed by atoms with van der Waals surface area (Å²) in [5.41, 5.74) is 5.88. The van der Waals surface area contributed by atoms with E-state index in [0.717, 1.165) is 32.0 Å². The minimum absolute atomic E-state index is 0.266. The minimum Gasteiger partial charge on any atom is -0.395 e. The zero-order valence-corrected chi connectivity index (χ0v) is 10.9. The molecule has 3 heteroatoms. The van der Waals surface area contributed by atoms with Crippen LogP contribution < -0.4 is 5.73 Å². The lowest BCUT2D eigenvalue weighted by atomic mass is 9.78. The van der Waals surface area contributed by atoms with Crippen LogP contribution in [0.2, 0.25) is 0 Å². The van der Waals surface area contributed by atoms with Gasteiger partial charge in [-0.15, -0.1) is 0 Å². The minimum atomic E-state index is 0.266. The van der Waals surface area contributed by atoms with Gasteiger partial charge in [-0.05, 0) is 44.2 Å². The van der Waals surface area contributed by atoms with Gasteiger partial charge in [0.2, 0.25) is 0 Å². The van der Waals surface area contributed by atoms with E-state index < -0.39 is 0 Å². The smallest absolute Gasteiger partial charge is 0.0558 e. The number of aliphatic hydroxyl groups excluding tert-OH is 1. The number of aliphatic hydroxyl groups is 1. The van der Waals surface area contributed by atoms with Crippen molar-refractivity contribution >= 4 is 0 Å². The molecule has 0 aromatic carbocycles. The molecule has 1 aliphatic rings. The molecule has 96 valence electrons. The van der Waals surface area contributed by atoms with Crippen molar-refractivity contribution in [2.45, 2.75) is 45.6 Å². The van der Waals surface area contributed by atoms with Crippen LogP contribution in [0.25, 0.3) is 0 Å². The second-order valence-electron chi connectivity index (χ2n) is 5.24.